The average Bonchev–Trinajstić information content (AvgIpc) is 2.96. The van der Waals surface area contributed by atoms with Crippen LogP contribution in [0.2, 0.25) is 0 Å². The van der Waals surface area contributed by atoms with Crippen LogP contribution in [0.4, 0.5) is 0 Å². The first-order chi connectivity index (χ1) is 9.29. The fourth-order valence-corrected chi connectivity index (χ4v) is 3.77. The van der Waals surface area contributed by atoms with E-state index in [-0.39, 0.29) is 6.04 Å². The molecule has 1 N–H and O–H groups in total. The molecule has 3 aliphatic rings. The zero-order valence-electron chi connectivity index (χ0n) is 12.2. The monoisotopic (exact) mass is 264 g/mol. The first-order valence-electron chi connectivity index (χ1n) is 8.36. The van der Waals surface area contributed by atoms with E-state index in [1.54, 1.807) is 0 Å². The third-order valence-corrected chi connectivity index (χ3v) is 5.13. The molecule has 0 aromatic heterocycles. The van der Waals surface area contributed by atoms with E-state index in [0.29, 0.717) is 18.0 Å². The molecule has 0 radical (unpaired) electrons. The van der Waals surface area contributed by atoms with E-state index in [2.05, 4.69) is 17.1 Å². The molecule has 108 valence electrons. The zero-order valence-corrected chi connectivity index (χ0v) is 12.2. The second-order valence-corrected chi connectivity index (χ2v) is 6.78. The summed E-state index contributed by atoms with van der Waals surface area (Å²) in [6, 6.07) is 0.115. The highest BCUT2D eigenvalue weighted by molar-refractivity contribution is 5.84. The number of carbonyl (C=O) groups is 1. The van der Waals surface area contributed by atoms with Crippen molar-refractivity contribution in [1.82, 2.24) is 10.2 Å². The topological polar surface area (TPSA) is 32.3 Å². The van der Waals surface area contributed by atoms with Gasteiger partial charge in [0.15, 0.2) is 0 Å². The van der Waals surface area contributed by atoms with Gasteiger partial charge in [0.2, 0.25) is 5.91 Å². The lowest BCUT2D eigenvalue weighted by molar-refractivity contribution is -0.131. The Hall–Kier alpha value is -0.570. The second-order valence-electron chi connectivity index (χ2n) is 6.78. The maximum Gasteiger partial charge on any atom is 0.241 e. The second kappa shape index (κ2) is 5.82. The van der Waals surface area contributed by atoms with Crippen molar-refractivity contribution < 1.29 is 4.79 Å². The standard InChI is InChI=1S/C16H28N2O/c1-2-3-8-14-16(19)18(11-12-9-10-12)15(17-14)13-6-4-5-7-13/h12-15,17H,2-11H2,1H3. The smallest absolute Gasteiger partial charge is 0.241 e. The van der Waals surface area contributed by atoms with Gasteiger partial charge in [0.05, 0.1) is 12.2 Å². The van der Waals surface area contributed by atoms with Gasteiger partial charge in [-0.15, -0.1) is 0 Å². The summed E-state index contributed by atoms with van der Waals surface area (Å²) in [6.45, 7) is 3.23. The lowest BCUT2D eigenvalue weighted by Gasteiger charge is -2.29. The Bertz CT molecular complexity index is 321. The van der Waals surface area contributed by atoms with Gasteiger partial charge in [-0.2, -0.15) is 0 Å². The van der Waals surface area contributed by atoms with Crippen LogP contribution >= 0.6 is 0 Å². The molecule has 2 saturated carbocycles. The maximum absolute atomic E-state index is 12.6. The lowest BCUT2D eigenvalue weighted by Crippen LogP contribution is -2.43. The van der Waals surface area contributed by atoms with Gasteiger partial charge in [-0.05, 0) is 43.9 Å². The van der Waals surface area contributed by atoms with Crippen molar-refractivity contribution in [2.45, 2.75) is 76.9 Å². The lowest BCUT2D eigenvalue weighted by atomic mass is 10.0. The number of nitrogens with zero attached hydrogens (tertiary/aromatic N) is 1. The number of unbranched alkanes of at least 4 members (excludes halogenated alkanes) is 1. The predicted molar refractivity (Wildman–Crippen MR) is 76.6 cm³/mol. The van der Waals surface area contributed by atoms with E-state index in [1.165, 1.54) is 44.9 Å². The molecule has 1 aliphatic heterocycles. The Balaban J connectivity index is 1.66. The zero-order chi connectivity index (χ0) is 13.2. The van der Waals surface area contributed by atoms with Gasteiger partial charge in [0, 0.05) is 6.54 Å². The Morgan fingerprint density at radius 1 is 1.21 bits per heavy atom. The molecular weight excluding hydrogens is 236 g/mol. The molecule has 1 saturated heterocycles. The number of rotatable bonds is 6. The molecule has 1 amide bonds. The predicted octanol–water partition coefficient (Wildman–Crippen LogP) is 2.90. The van der Waals surface area contributed by atoms with Gasteiger partial charge in [0.25, 0.3) is 0 Å². The minimum Gasteiger partial charge on any atom is -0.325 e. The SMILES string of the molecule is CCCCC1NC(C2CCCC2)N(CC2CC2)C1=O. The van der Waals surface area contributed by atoms with E-state index >= 15 is 0 Å². The fraction of sp³-hybridized carbons (Fsp3) is 0.938. The highest BCUT2D eigenvalue weighted by Crippen LogP contribution is 2.36. The summed E-state index contributed by atoms with van der Waals surface area (Å²) >= 11 is 0. The van der Waals surface area contributed by atoms with Crippen LogP contribution in [0.5, 0.6) is 0 Å². The van der Waals surface area contributed by atoms with Crippen LogP contribution in [0.15, 0.2) is 0 Å². The van der Waals surface area contributed by atoms with Crippen molar-refractivity contribution in [3.63, 3.8) is 0 Å². The van der Waals surface area contributed by atoms with Crippen LogP contribution in [0.25, 0.3) is 0 Å². The summed E-state index contributed by atoms with van der Waals surface area (Å²) in [5, 5.41) is 3.68. The van der Waals surface area contributed by atoms with Crippen molar-refractivity contribution in [2.24, 2.45) is 11.8 Å². The summed E-state index contributed by atoms with van der Waals surface area (Å²) in [5.74, 6) is 1.92. The molecule has 3 rings (SSSR count). The molecule has 3 fully saturated rings. The van der Waals surface area contributed by atoms with Crippen molar-refractivity contribution in [3.05, 3.63) is 0 Å². The minimum absolute atomic E-state index is 0.115. The fourth-order valence-electron chi connectivity index (χ4n) is 3.77. The minimum atomic E-state index is 0.115. The highest BCUT2D eigenvalue weighted by atomic mass is 16.2. The molecule has 3 nitrogen and oxygen atoms in total. The number of nitrogens with one attached hydrogen (secondary N) is 1. The van der Waals surface area contributed by atoms with E-state index < -0.39 is 0 Å². The van der Waals surface area contributed by atoms with Crippen molar-refractivity contribution >= 4 is 5.91 Å². The first kappa shape index (κ1) is 13.4. The third-order valence-electron chi connectivity index (χ3n) is 5.13. The van der Waals surface area contributed by atoms with Gasteiger partial charge in [-0.3, -0.25) is 10.1 Å². The Kier molecular flexibility index (Phi) is 4.11. The average molecular weight is 264 g/mol. The largest absolute Gasteiger partial charge is 0.325 e. The van der Waals surface area contributed by atoms with Crippen molar-refractivity contribution in [2.75, 3.05) is 6.54 Å². The third kappa shape index (κ3) is 2.96. The molecule has 2 unspecified atom stereocenters. The van der Waals surface area contributed by atoms with Crippen LogP contribution in [0.1, 0.15) is 64.7 Å². The van der Waals surface area contributed by atoms with Crippen molar-refractivity contribution in [3.8, 4) is 0 Å². The van der Waals surface area contributed by atoms with E-state index in [0.717, 1.165) is 25.3 Å². The van der Waals surface area contributed by atoms with Crippen molar-refractivity contribution in [1.29, 1.82) is 0 Å². The summed E-state index contributed by atoms with van der Waals surface area (Å²) in [7, 11) is 0. The number of hydrogen-bond acceptors (Lipinski definition) is 2. The molecule has 0 aromatic carbocycles. The number of hydrogen-bond donors (Lipinski definition) is 1. The first-order valence-corrected chi connectivity index (χ1v) is 8.36. The van der Waals surface area contributed by atoms with Gasteiger partial charge in [-0.1, -0.05) is 32.6 Å². The summed E-state index contributed by atoms with van der Waals surface area (Å²) in [4.78, 5) is 14.8. The van der Waals surface area contributed by atoms with E-state index in [4.69, 9.17) is 0 Å². The Morgan fingerprint density at radius 2 is 1.95 bits per heavy atom. The van der Waals surface area contributed by atoms with Crippen LogP contribution < -0.4 is 5.32 Å². The summed E-state index contributed by atoms with van der Waals surface area (Å²) in [6.07, 6.45) is 11.7. The number of amides is 1. The van der Waals surface area contributed by atoms with Gasteiger partial charge >= 0.3 is 0 Å². The van der Waals surface area contributed by atoms with E-state index in [1.807, 2.05) is 0 Å². The Labute approximate surface area is 117 Å². The molecular formula is C16H28N2O. The summed E-state index contributed by atoms with van der Waals surface area (Å²) in [5.41, 5.74) is 0. The quantitative estimate of drug-likeness (QED) is 0.800. The van der Waals surface area contributed by atoms with E-state index in [9.17, 15) is 4.79 Å². The summed E-state index contributed by atoms with van der Waals surface area (Å²) < 4.78 is 0. The molecule has 0 bridgehead atoms. The van der Waals surface area contributed by atoms with Gasteiger partial charge < -0.3 is 4.90 Å². The van der Waals surface area contributed by atoms with Crippen LogP contribution in [-0.4, -0.2) is 29.6 Å². The maximum atomic E-state index is 12.6. The molecule has 19 heavy (non-hydrogen) atoms. The normalized spacial score (nSPS) is 32.5. The van der Waals surface area contributed by atoms with Crippen LogP contribution in [-0.2, 0) is 4.79 Å². The molecule has 3 heteroatoms. The van der Waals surface area contributed by atoms with Gasteiger partial charge in [-0.25, -0.2) is 0 Å². The highest BCUT2D eigenvalue weighted by Gasteiger charge is 2.44. The Morgan fingerprint density at radius 3 is 2.58 bits per heavy atom. The number of carbonyl (C=O) groups excluding carboxylic acids is 1. The molecule has 0 spiro atoms. The van der Waals surface area contributed by atoms with Crippen LogP contribution in [0, 0.1) is 11.8 Å². The van der Waals surface area contributed by atoms with Crippen LogP contribution in [0.3, 0.4) is 0 Å². The molecule has 2 aliphatic carbocycles. The molecule has 0 aromatic rings. The molecule has 2 atom stereocenters. The molecule has 1 heterocycles. The van der Waals surface area contributed by atoms with Gasteiger partial charge in [0.1, 0.15) is 0 Å².